The van der Waals surface area contributed by atoms with E-state index in [2.05, 4.69) is 0 Å². The largest absolute Gasteiger partial charge is 0.497 e. The fraction of sp³-hybridized carbons (Fsp3) is 0.235. The maximum Gasteiger partial charge on any atom is 0.141 e. The van der Waals surface area contributed by atoms with Crippen molar-refractivity contribution in [2.75, 3.05) is 7.11 Å². The minimum atomic E-state index is 0.225. The standard InChI is InChI=1S/C17H18O2/c1-13-6-3-4-8-15(13)12-16(18)10-14-7-5-9-17(11-14)19-2/h3-9,11H,10,12H2,1-2H3. The predicted octanol–water partition coefficient (Wildman–Crippen LogP) is 3.36. The second-order valence-corrected chi connectivity index (χ2v) is 4.67. The van der Waals surface area contributed by atoms with Crippen LogP contribution in [0.4, 0.5) is 0 Å². The van der Waals surface area contributed by atoms with Crippen molar-refractivity contribution in [3.63, 3.8) is 0 Å². The Labute approximate surface area is 114 Å². The summed E-state index contributed by atoms with van der Waals surface area (Å²) in [5, 5.41) is 0. The zero-order valence-corrected chi connectivity index (χ0v) is 11.3. The van der Waals surface area contributed by atoms with Gasteiger partial charge in [0.25, 0.3) is 0 Å². The number of hydrogen-bond acceptors (Lipinski definition) is 2. The van der Waals surface area contributed by atoms with Crippen molar-refractivity contribution in [1.82, 2.24) is 0 Å². The van der Waals surface area contributed by atoms with E-state index in [1.165, 1.54) is 5.56 Å². The first-order valence-corrected chi connectivity index (χ1v) is 6.38. The van der Waals surface area contributed by atoms with Crippen molar-refractivity contribution in [2.45, 2.75) is 19.8 Å². The third-order valence-electron chi connectivity index (χ3n) is 3.18. The molecule has 19 heavy (non-hydrogen) atoms. The highest BCUT2D eigenvalue weighted by Crippen LogP contribution is 2.15. The van der Waals surface area contributed by atoms with Gasteiger partial charge in [0.1, 0.15) is 11.5 Å². The summed E-state index contributed by atoms with van der Waals surface area (Å²) in [6.07, 6.45) is 0.940. The number of carbonyl (C=O) groups excluding carboxylic acids is 1. The van der Waals surface area contributed by atoms with Gasteiger partial charge in [0, 0.05) is 12.8 Å². The fourth-order valence-electron chi connectivity index (χ4n) is 2.09. The quantitative estimate of drug-likeness (QED) is 0.817. The van der Waals surface area contributed by atoms with Gasteiger partial charge >= 0.3 is 0 Å². The average Bonchev–Trinajstić information content (AvgIpc) is 2.41. The van der Waals surface area contributed by atoms with Crippen LogP contribution in [0.2, 0.25) is 0 Å². The van der Waals surface area contributed by atoms with E-state index in [1.807, 2.05) is 55.5 Å². The van der Waals surface area contributed by atoms with Crippen molar-refractivity contribution in [3.05, 3.63) is 65.2 Å². The summed E-state index contributed by atoms with van der Waals surface area (Å²) in [5.41, 5.74) is 3.27. The van der Waals surface area contributed by atoms with Gasteiger partial charge in [0.05, 0.1) is 7.11 Å². The first-order chi connectivity index (χ1) is 9.19. The number of hydrogen-bond donors (Lipinski definition) is 0. The number of carbonyl (C=O) groups is 1. The summed E-state index contributed by atoms with van der Waals surface area (Å²) in [6.45, 7) is 2.04. The Morgan fingerprint density at radius 1 is 1.05 bits per heavy atom. The molecule has 0 amide bonds. The van der Waals surface area contributed by atoms with Crippen LogP contribution in [0.15, 0.2) is 48.5 Å². The second-order valence-electron chi connectivity index (χ2n) is 4.67. The molecule has 0 bridgehead atoms. The minimum absolute atomic E-state index is 0.225. The van der Waals surface area contributed by atoms with E-state index in [-0.39, 0.29) is 5.78 Å². The van der Waals surface area contributed by atoms with Crippen LogP contribution in [0, 0.1) is 6.92 Å². The number of rotatable bonds is 5. The molecule has 0 saturated carbocycles. The van der Waals surface area contributed by atoms with E-state index >= 15 is 0 Å². The predicted molar refractivity (Wildman–Crippen MR) is 76.6 cm³/mol. The van der Waals surface area contributed by atoms with E-state index in [9.17, 15) is 4.79 Å². The molecule has 2 nitrogen and oxygen atoms in total. The Bertz CT molecular complexity index is 573. The van der Waals surface area contributed by atoms with E-state index < -0.39 is 0 Å². The summed E-state index contributed by atoms with van der Waals surface area (Å²) in [4.78, 5) is 12.1. The monoisotopic (exact) mass is 254 g/mol. The summed E-state index contributed by atoms with van der Waals surface area (Å²) in [5.74, 6) is 1.02. The van der Waals surface area contributed by atoms with E-state index in [0.717, 1.165) is 16.9 Å². The highest BCUT2D eigenvalue weighted by atomic mass is 16.5. The highest BCUT2D eigenvalue weighted by molar-refractivity contribution is 5.83. The summed E-state index contributed by atoms with van der Waals surface area (Å²) < 4.78 is 5.16. The molecule has 0 heterocycles. The summed E-state index contributed by atoms with van der Waals surface area (Å²) >= 11 is 0. The number of ketones is 1. The molecule has 0 aliphatic rings. The van der Waals surface area contributed by atoms with Crippen LogP contribution in [-0.2, 0) is 17.6 Å². The lowest BCUT2D eigenvalue weighted by Gasteiger charge is -2.06. The maximum absolute atomic E-state index is 12.1. The summed E-state index contributed by atoms with van der Waals surface area (Å²) in [7, 11) is 1.63. The van der Waals surface area contributed by atoms with Gasteiger partial charge in [-0.3, -0.25) is 4.79 Å². The van der Waals surface area contributed by atoms with Crippen LogP contribution in [0.3, 0.4) is 0 Å². The number of aryl methyl sites for hydroxylation is 1. The van der Waals surface area contributed by atoms with Crippen molar-refractivity contribution < 1.29 is 9.53 Å². The van der Waals surface area contributed by atoms with Gasteiger partial charge in [-0.1, -0.05) is 36.4 Å². The van der Waals surface area contributed by atoms with Crippen LogP contribution in [0.1, 0.15) is 16.7 Å². The zero-order chi connectivity index (χ0) is 13.7. The lowest BCUT2D eigenvalue weighted by atomic mass is 9.99. The average molecular weight is 254 g/mol. The molecule has 0 aliphatic heterocycles. The Hall–Kier alpha value is -2.09. The Morgan fingerprint density at radius 2 is 1.84 bits per heavy atom. The number of ether oxygens (including phenoxy) is 1. The van der Waals surface area contributed by atoms with Crippen LogP contribution >= 0.6 is 0 Å². The molecule has 0 atom stereocenters. The molecule has 0 aliphatic carbocycles. The Balaban J connectivity index is 2.03. The minimum Gasteiger partial charge on any atom is -0.497 e. The molecule has 2 aromatic rings. The first-order valence-electron chi connectivity index (χ1n) is 6.38. The van der Waals surface area contributed by atoms with Gasteiger partial charge in [-0.25, -0.2) is 0 Å². The molecule has 0 saturated heterocycles. The van der Waals surface area contributed by atoms with Crippen molar-refractivity contribution >= 4 is 5.78 Å². The Morgan fingerprint density at radius 3 is 2.58 bits per heavy atom. The highest BCUT2D eigenvalue weighted by Gasteiger charge is 2.07. The molecule has 0 radical (unpaired) electrons. The van der Waals surface area contributed by atoms with Crippen molar-refractivity contribution in [3.8, 4) is 5.75 Å². The second kappa shape index (κ2) is 6.19. The smallest absolute Gasteiger partial charge is 0.141 e. The van der Waals surface area contributed by atoms with Crippen LogP contribution < -0.4 is 4.74 Å². The van der Waals surface area contributed by atoms with Gasteiger partial charge in [-0.2, -0.15) is 0 Å². The fourth-order valence-corrected chi connectivity index (χ4v) is 2.09. The van der Waals surface area contributed by atoms with Crippen molar-refractivity contribution in [2.24, 2.45) is 0 Å². The third kappa shape index (κ3) is 3.68. The molecule has 0 aromatic heterocycles. The third-order valence-corrected chi connectivity index (χ3v) is 3.18. The molecule has 2 rings (SSSR count). The van der Waals surface area contributed by atoms with Gasteiger partial charge in [-0.15, -0.1) is 0 Å². The molecule has 0 spiro atoms. The molecule has 0 unspecified atom stereocenters. The first kappa shape index (κ1) is 13.3. The molecule has 2 heteroatoms. The van der Waals surface area contributed by atoms with E-state index in [4.69, 9.17) is 4.74 Å². The van der Waals surface area contributed by atoms with Gasteiger partial charge in [0.15, 0.2) is 0 Å². The van der Waals surface area contributed by atoms with E-state index in [1.54, 1.807) is 7.11 Å². The van der Waals surface area contributed by atoms with Crippen LogP contribution in [0.5, 0.6) is 5.75 Å². The number of benzene rings is 2. The zero-order valence-electron chi connectivity index (χ0n) is 11.3. The lowest BCUT2D eigenvalue weighted by Crippen LogP contribution is -2.07. The molecular formula is C17H18O2. The van der Waals surface area contributed by atoms with Crippen LogP contribution in [0.25, 0.3) is 0 Å². The van der Waals surface area contributed by atoms with Crippen molar-refractivity contribution in [1.29, 1.82) is 0 Å². The summed E-state index contributed by atoms with van der Waals surface area (Å²) in [6, 6.07) is 15.7. The normalized spacial score (nSPS) is 10.2. The molecule has 2 aromatic carbocycles. The molecule has 0 N–H and O–H groups in total. The van der Waals surface area contributed by atoms with Crippen LogP contribution in [-0.4, -0.2) is 12.9 Å². The maximum atomic E-state index is 12.1. The number of Topliss-reactive ketones (excluding diaryl/α,β-unsaturated/α-hetero) is 1. The van der Waals surface area contributed by atoms with Gasteiger partial charge in [-0.05, 0) is 35.7 Å². The molecule has 98 valence electrons. The Kier molecular flexibility index (Phi) is 4.35. The van der Waals surface area contributed by atoms with E-state index in [0.29, 0.717) is 12.8 Å². The van der Waals surface area contributed by atoms with Gasteiger partial charge in [0.2, 0.25) is 0 Å². The lowest BCUT2D eigenvalue weighted by molar-refractivity contribution is -0.117. The van der Waals surface area contributed by atoms with Gasteiger partial charge < -0.3 is 4.74 Å². The topological polar surface area (TPSA) is 26.3 Å². The number of methoxy groups -OCH3 is 1. The molecular weight excluding hydrogens is 236 g/mol. The SMILES string of the molecule is COc1cccc(CC(=O)Cc2ccccc2C)c1. The molecule has 0 fully saturated rings.